The molecule has 2 amide bonds. The smallest absolute Gasteiger partial charge is 0.323 e. The number of carboxylic acid groups (broad SMARTS) is 1. The summed E-state index contributed by atoms with van der Waals surface area (Å²) in [5, 5.41) is 11.7. The van der Waals surface area contributed by atoms with Crippen LogP contribution in [0.1, 0.15) is 52.9 Å². The van der Waals surface area contributed by atoms with Crippen molar-refractivity contribution in [3.63, 3.8) is 0 Å². The highest BCUT2D eigenvalue weighted by Gasteiger charge is 2.28. The number of amides is 2. The molecule has 0 saturated carbocycles. The molecule has 0 aromatic rings. The number of allylic oxidation sites excluding steroid dienone is 1. The predicted molar refractivity (Wildman–Crippen MR) is 78.7 cm³/mol. The first-order valence-electron chi connectivity index (χ1n) is 7.26. The second-order valence-electron chi connectivity index (χ2n) is 6.24. The summed E-state index contributed by atoms with van der Waals surface area (Å²) < 4.78 is 0. The molecule has 0 spiro atoms. The van der Waals surface area contributed by atoms with Crippen molar-refractivity contribution < 1.29 is 14.7 Å². The highest BCUT2D eigenvalue weighted by Crippen LogP contribution is 2.19. The molecule has 2 N–H and O–H groups in total. The Morgan fingerprint density at radius 1 is 1.35 bits per heavy atom. The number of nitrogens with one attached hydrogen (secondary N) is 1. The van der Waals surface area contributed by atoms with Crippen molar-refractivity contribution in [3.05, 3.63) is 11.6 Å². The van der Waals surface area contributed by atoms with Crippen LogP contribution in [0.3, 0.4) is 0 Å². The molecule has 20 heavy (non-hydrogen) atoms. The first-order chi connectivity index (χ1) is 9.30. The van der Waals surface area contributed by atoms with E-state index >= 15 is 0 Å². The lowest BCUT2D eigenvalue weighted by Crippen LogP contribution is -2.52. The van der Waals surface area contributed by atoms with Gasteiger partial charge < -0.3 is 15.3 Å². The van der Waals surface area contributed by atoms with Crippen LogP contribution in [0.4, 0.5) is 4.79 Å². The van der Waals surface area contributed by atoms with E-state index < -0.39 is 11.5 Å². The molecular weight excluding hydrogens is 256 g/mol. The number of carboxylic acids is 1. The van der Waals surface area contributed by atoms with Gasteiger partial charge in [-0.3, -0.25) is 4.79 Å². The maximum atomic E-state index is 12.1. The second kappa shape index (κ2) is 7.31. The van der Waals surface area contributed by atoms with Gasteiger partial charge in [-0.1, -0.05) is 11.6 Å². The fourth-order valence-corrected chi connectivity index (χ4v) is 2.31. The lowest BCUT2D eigenvalue weighted by atomic mass is 9.97. The normalized spacial score (nSPS) is 15.4. The molecule has 0 fully saturated rings. The summed E-state index contributed by atoms with van der Waals surface area (Å²) in [6, 6.07) is -0.309. The van der Waals surface area contributed by atoms with Crippen LogP contribution in [0.2, 0.25) is 0 Å². The third-order valence-electron chi connectivity index (χ3n) is 3.46. The number of carbonyl (C=O) groups is 2. The van der Waals surface area contributed by atoms with Crippen molar-refractivity contribution in [3.8, 4) is 0 Å². The molecule has 0 aromatic carbocycles. The van der Waals surface area contributed by atoms with Crippen LogP contribution in [0.5, 0.6) is 0 Å². The van der Waals surface area contributed by atoms with Gasteiger partial charge in [0.1, 0.15) is 6.54 Å². The molecule has 1 aliphatic carbocycles. The SMILES string of the molecule is CC(C)(C)N(CC(=O)O)C(=O)NCCC1=CCCCC1. The van der Waals surface area contributed by atoms with E-state index in [4.69, 9.17) is 5.11 Å². The maximum Gasteiger partial charge on any atom is 0.323 e. The Morgan fingerprint density at radius 2 is 2.05 bits per heavy atom. The van der Waals surface area contributed by atoms with Crippen LogP contribution in [0.25, 0.3) is 0 Å². The molecule has 1 aliphatic rings. The minimum absolute atomic E-state index is 0.280. The Bertz CT molecular complexity index is 383. The molecule has 0 saturated heterocycles. The van der Waals surface area contributed by atoms with Crippen LogP contribution >= 0.6 is 0 Å². The summed E-state index contributed by atoms with van der Waals surface area (Å²) in [5.41, 5.74) is 0.893. The topological polar surface area (TPSA) is 69.6 Å². The fourth-order valence-electron chi connectivity index (χ4n) is 2.31. The van der Waals surface area contributed by atoms with Gasteiger partial charge in [-0.05, 0) is 52.9 Å². The molecule has 1 rings (SSSR count). The summed E-state index contributed by atoms with van der Waals surface area (Å²) in [7, 11) is 0. The monoisotopic (exact) mass is 282 g/mol. The highest BCUT2D eigenvalue weighted by molar-refractivity contribution is 5.80. The number of rotatable bonds is 5. The van der Waals surface area contributed by atoms with Gasteiger partial charge in [0.15, 0.2) is 0 Å². The van der Waals surface area contributed by atoms with Crippen molar-refractivity contribution in [1.29, 1.82) is 0 Å². The Balaban J connectivity index is 2.45. The molecule has 0 unspecified atom stereocenters. The molecule has 0 bridgehead atoms. The Hall–Kier alpha value is -1.52. The van der Waals surface area contributed by atoms with E-state index in [9.17, 15) is 9.59 Å². The molecule has 0 aliphatic heterocycles. The minimum atomic E-state index is -0.995. The Kier molecular flexibility index (Phi) is 6.05. The number of urea groups is 1. The largest absolute Gasteiger partial charge is 0.480 e. The number of aliphatic carboxylic acids is 1. The number of hydrogen-bond acceptors (Lipinski definition) is 2. The van der Waals surface area contributed by atoms with E-state index in [0.29, 0.717) is 6.54 Å². The van der Waals surface area contributed by atoms with Gasteiger partial charge in [0.05, 0.1) is 0 Å². The first-order valence-corrected chi connectivity index (χ1v) is 7.26. The van der Waals surface area contributed by atoms with Crippen molar-refractivity contribution in [2.24, 2.45) is 0 Å². The zero-order chi connectivity index (χ0) is 15.2. The summed E-state index contributed by atoms with van der Waals surface area (Å²) in [5.74, 6) is -0.995. The van der Waals surface area contributed by atoms with Crippen LogP contribution in [0.15, 0.2) is 11.6 Å². The molecule has 0 radical (unpaired) electrons. The van der Waals surface area contributed by atoms with E-state index in [2.05, 4.69) is 11.4 Å². The maximum absolute atomic E-state index is 12.1. The zero-order valence-electron chi connectivity index (χ0n) is 12.7. The second-order valence-corrected chi connectivity index (χ2v) is 6.24. The van der Waals surface area contributed by atoms with Crippen LogP contribution < -0.4 is 5.32 Å². The number of carbonyl (C=O) groups excluding carboxylic acids is 1. The average Bonchev–Trinajstić information content (AvgIpc) is 2.35. The standard InChI is InChI=1S/C15H26N2O3/c1-15(2,3)17(11-13(18)19)14(20)16-10-9-12-7-5-4-6-8-12/h7H,4-6,8-11H2,1-3H3,(H,16,20)(H,18,19). The van der Waals surface area contributed by atoms with Crippen molar-refractivity contribution in [2.45, 2.75) is 58.4 Å². The lowest BCUT2D eigenvalue weighted by molar-refractivity contribution is -0.138. The molecular formula is C15H26N2O3. The molecule has 0 aromatic heterocycles. The van der Waals surface area contributed by atoms with Gasteiger partial charge >= 0.3 is 12.0 Å². The lowest BCUT2D eigenvalue weighted by Gasteiger charge is -2.34. The van der Waals surface area contributed by atoms with E-state index in [1.165, 1.54) is 23.3 Å². The van der Waals surface area contributed by atoms with Gasteiger partial charge in [0.25, 0.3) is 0 Å². The summed E-state index contributed by atoms with van der Waals surface area (Å²) >= 11 is 0. The van der Waals surface area contributed by atoms with Crippen molar-refractivity contribution in [1.82, 2.24) is 10.2 Å². The minimum Gasteiger partial charge on any atom is -0.480 e. The summed E-state index contributed by atoms with van der Waals surface area (Å²) in [4.78, 5) is 24.3. The molecule has 0 atom stereocenters. The Labute approximate surface area is 121 Å². The van der Waals surface area contributed by atoms with Crippen LogP contribution in [-0.2, 0) is 4.79 Å². The average molecular weight is 282 g/mol. The van der Waals surface area contributed by atoms with Gasteiger partial charge in [-0.25, -0.2) is 4.79 Å². The molecule has 0 heterocycles. The van der Waals surface area contributed by atoms with Crippen molar-refractivity contribution in [2.75, 3.05) is 13.1 Å². The van der Waals surface area contributed by atoms with Crippen LogP contribution in [0, 0.1) is 0 Å². The third kappa shape index (κ3) is 5.63. The summed E-state index contributed by atoms with van der Waals surface area (Å²) in [6.07, 6.45) is 7.86. The van der Waals surface area contributed by atoms with E-state index in [0.717, 1.165) is 19.3 Å². The van der Waals surface area contributed by atoms with Gasteiger partial charge in [-0.15, -0.1) is 0 Å². The van der Waals surface area contributed by atoms with E-state index in [1.807, 2.05) is 20.8 Å². The summed E-state index contributed by atoms with van der Waals surface area (Å²) in [6.45, 7) is 5.78. The van der Waals surface area contributed by atoms with E-state index in [1.54, 1.807) is 0 Å². The highest BCUT2D eigenvalue weighted by atomic mass is 16.4. The van der Waals surface area contributed by atoms with E-state index in [-0.39, 0.29) is 12.6 Å². The first kappa shape index (κ1) is 16.5. The predicted octanol–water partition coefficient (Wildman–Crippen LogP) is 2.77. The third-order valence-corrected chi connectivity index (χ3v) is 3.46. The van der Waals surface area contributed by atoms with Crippen LogP contribution in [-0.4, -0.2) is 40.6 Å². The van der Waals surface area contributed by atoms with Crippen molar-refractivity contribution >= 4 is 12.0 Å². The zero-order valence-corrected chi connectivity index (χ0v) is 12.7. The van der Waals surface area contributed by atoms with Gasteiger partial charge in [0, 0.05) is 12.1 Å². The quantitative estimate of drug-likeness (QED) is 0.762. The molecule has 5 nitrogen and oxygen atoms in total. The Morgan fingerprint density at radius 3 is 2.55 bits per heavy atom. The molecule has 5 heteroatoms. The fraction of sp³-hybridized carbons (Fsp3) is 0.733. The van der Waals surface area contributed by atoms with Gasteiger partial charge in [0.2, 0.25) is 0 Å². The van der Waals surface area contributed by atoms with Gasteiger partial charge in [-0.2, -0.15) is 0 Å². The number of nitrogens with zero attached hydrogens (tertiary/aromatic N) is 1. The number of hydrogen-bond donors (Lipinski definition) is 2. The molecule has 114 valence electrons.